The molecule has 100 valence electrons. The molecule has 2 rings (SSSR count). The Labute approximate surface area is 123 Å². The van der Waals surface area contributed by atoms with E-state index < -0.39 is 0 Å². The van der Waals surface area contributed by atoms with Crippen molar-refractivity contribution in [1.82, 2.24) is 0 Å². The Hall–Kier alpha value is -1.05. The van der Waals surface area contributed by atoms with Gasteiger partial charge in [-0.25, -0.2) is 4.39 Å². The van der Waals surface area contributed by atoms with Gasteiger partial charge in [0.25, 0.3) is 0 Å². The molecule has 0 aromatic heterocycles. The fourth-order valence-corrected chi connectivity index (χ4v) is 2.96. The molecule has 0 N–H and O–H groups in total. The summed E-state index contributed by atoms with van der Waals surface area (Å²) >= 11 is 12.3. The Kier molecular flexibility index (Phi) is 4.84. The molecular formula is C16H15Cl2F. The van der Waals surface area contributed by atoms with Crippen molar-refractivity contribution in [3.05, 3.63) is 71.5 Å². The van der Waals surface area contributed by atoms with Gasteiger partial charge in [0.15, 0.2) is 0 Å². The van der Waals surface area contributed by atoms with Crippen LogP contribution in [0, 0.1) is 5.82 Å². The average Bonchev–Trinajstić information content (AvgIpc) is 2.47. The molecule has 2 aromatic carbocycles. The largest absolute Gasteiger partial charge is 0.207 e. The molecule has 0 spiro atoms. The zero-order valence-corrected chi connectivity index (χ0v) is 12.0. The zero-order valence-electron chi connectivity index (χ0n) is 10.5. The van der Waals surface area contributed by atoms with Gasteiger partial charge in [-0.15, -0.1) is 23.2 Å². The molecule has 0 aliphatic heterocycles. The van der Waals surface area contributed by atoms with Gasteiger partial charge in [-0.1, -0.05) is 42.5 Å². The van der Waals surface area contributed by atoms with E-state index in [1.807, 2.05) is 18.2 Å². The first-order chi connectivity index (χ1) is 9.20. The third kappa shape index (κ3) is 3.29. The molecule has 2 aromatic rings. The smallest absolute Gasteiger partial charge is 0.123 e. The molecule has 0 bridgehead atoms. The first kappa shape index (κ1) is 14.4. The molecule has 0 saturated heterocycles. The summed E-state index contributed by atoms with van der Waals surface area (Å²) in [5.74, 6) is 0.551. The Morgan fingerprint density at radius 1 is 0.842 bits per heavy atom. The van der Waals surface area contributed by atoms with Gasteiger partial charge in [0.1, 0.15) is 5.82 Å². The Bertz CT molecular complexity index is 504. The highest BCUT2D eigenvalue weighted by atomic mass is 35.5. The lowest BCUT2D eigenvalue weighted by atomic mass is 9.79. The highest BCUT2D eigenvalue weighted by molar-refractivity contribution is 6.22. The van der Waals surface area contributed by atoms with Crippen molar-refractivity contribution in [3.8, 4) is 0 Å². The van der Waals surface area contributed by atoms with Crippen molar-refractivity contribution >= 4 is 23.2 Å². The van der Waals surface area contributed by atoms with Crippen LogP contribution in [0.25, 0.3) is 0 Å². The Morgan fingerprint density at radius 3 is 1.95 bits per heavy atom. The van der Waals surface area contributed by atoms with Gasteiger partial charge in [-0.05, 0) is 29.7 Å². The van der Waals surface area contributed by atoms with E-state index in [0.717, 1.165) is 12.0 Å². The van der Waals surface area contributed by atoms with Gasteiger partial charge in [0, 0.05) is 17.2 Å². The van der Waals surface area contributed by atoms with Crippen LogP contribution < -0.4 is 0 Å². The van der Waals surface area contributed by atoms with Crippen molar-refractivity contribution in [1.29, 1.82) is 0 Å². The molecule has 0 atom stereocenters. The van der Waals surface area contributed by atoms with Crippen LogP contribution in [0.15, 0.2) is 54.6 Å². The van der Waals surface area contributed by atoms with E-state index in [2.05, 4.69) is 12.1 Å². The van der Waals surface area contributed by atoms with Gasteiger partial charge >= 0.3 is 0 Å². The normalized spacial score (nSPS) is 11.5. The first-order valence-corrected chi connectivity index (χ1v) is 7.19. The summed E-state index contributed by atoms with van der Waals surface area (Å²) in [6.45, 7) is 0. The van der Waals surface area contributed by atoms with Crippen molar-refractivity contribution in [2.45, 2.75) is 11.8 Å². The second-order valence-electron chi connectivity index (χ2n) is 4.72. The minimum atomic E-state index is -0.363. The van der Waals surface area contributed by atoms with Crippen LogP contribution in [-0.2, 0) is 11.8 Å². The highest BCUT2D eigenvalue weighted by Crippen LogP contribution is 2.31. The van der Waals surface area contributed by atoms with E-state index in [0.29, 0.717) is 11.8 Å². The number of benzene rings is 2. The van der Waals surface area contributed by atoms with E-state index in [4.69, 9.17) is 23.2 Å². The Balaban J connectivity index is 2.34. The third-order valence-electron chi connectivity index (χ3n) is 3.35. The third-order valence-corrected chi connectivity index (χ3v) is 4.38. The van der Waals surface area contributed by atoms with Crippen molar-refractivity contribution in [3.63, 3.8) is 0 Å². The minimum Gasteiger partial charge on any atom is -0.207 e. The molecule has 19 heavy (non-hydrogen) atoms. The van der Waals surface area contributed by atoms with E-state index in [9.17, 15) is 4.39 Å². The van der Waals surface area contributed by atoms with Crippen LogP contribution in [0.1, 0.15) is 11.1 Å². The van der Waals surface area contributed by atoms with E-state index in [1.165, 1.54) is 17.7 Å². The average molecular weight is 297 g/mol. The number of halogens is 3. The molecule has 0 aliphatic carbocycles. The first-order valence-electron chi connectivity index (χ1n) is 6.12. The van der Waals surface area contributed by atoms with Gasteiger partial charge in [-0.3, -0.25) is 0 Å². The molecular weight excluding hydrogens is 282 g/mol. The van der Waals surface area contributed by atoms with Crippen LogP contribution >= 0.6 is 23.2 Å². The lowest BCUT2D eigenvalue weighted by Gasteiger charge is -2.30. The van der Waals surface area contributed by atoms with Crippen molar-refractivity contribution in [2.75, 3.05) is 11.8 Å². The minimum absolute atomic E-state index is 0.249. The van der Waals surface area contributed by atoms with Crippen LogP contribution in [0.2, 0.25) is 0 Å². The predicted molar refractivity (Wildman–Crippen MR) is 79.7 cm³/mol. The van der Waals surface area contributed by atoms with Gasteiger partial charge in [0.2, 0.25) is 0 Å². The number of rotatable bonds is 5. The van der Waals surface area contributed by atoms with Gasteiger partial charge in [-0.2, -0.15) is 0 Å². The molecule has 3 heteroatoms. The topological polar surface area (TPSA) is 0 Å². The standard InChI is InChI=1S/C16H15Cl2F/c17-11-16(12-18,10-13-4-2-1-3-5-13)14-6-8-15(19)9-7-14/h1-9H,10-12H2. The lowest BCUT2D eigenvalue weighted by molar-refractivity contribution is 0.533. The molecule has 0 nitrogen and oxygen atoms in total. The van der Waals surface area contributed by atoms with Crippen molar-refractivity contribution < 1.29 is 4.39 Å². The number of hydrogen-bond donors (Lipinski definition) is 0. The highest BCUT2D eigenvalue weighted by Gasteiger charge is 2.31. The summed E-state index contributed by atoms with van der Waals surface area (Å²) in [5, 5.41) is 0. The summed E-state index contributed by atoms with van der Waals surface area (Å²) in [6, 6.07) is 16.5. The molecule has 0 unspecified atom stereocenters. The van der Waals surface area contributed by atoms with Crippen LogP contribution in [0.3, 0.4) is 0 Å². The van der Waals surface area contributed by atoms with E-state index in [-0.39, 0.29) is 11.2 Å². The molecule has 0 radical (unpaired) electrons. The van der Waals surface area contributed by atoms with Crippen LogP contribution in [-0.4, -0.2) is 11.8 Å². The maximum absolute atomic E-state index is 13.0. The summed E-state index contributed by atoms with van der Waals surface area (Å²) in [5.41, 5.74) is 1.79. The molecule has 0 amide bonds. The van der Waals surface area contributed by atoms with Gasteiger partial charge < -0.3 is 0 Å². The maximum Gasteiger partial charge on any atom is 0.123 e. The molecule has 0 fully saturated rings. The maximum atomic E-state index is 13.0. The monoisotopic (exact) mass is 296 g/mol. The number of alkyl halides is 2. The predicted octanol–water partition coefficient (Wildman–Crippen LogP) is 4.78. The summed E-state index contributed by atoms with van der Waals surface area (Å²) < 4.78 is 13.0. The Morgan fingerprint density at radius 2 is 1.42 bits per heavy atom. The molecule has 0 aliphatic rings. The summed E-state index contributed by atoms with van der Waals surface area (Å²) in [4.78, 5) is 0. The van der Waals surface area contributed by atoms with E-state index >= 15 is 0 Å². The van der Waals surface area contributed by atoms with Crippen LogP contribution in [0.4, 0.5) is 4.39 Å². The second-order valence-corrected chi connectivity index (χ2v) is 5.25. The zero-order chi connectivity index (χ0) is 13.7. The summed E-state index contributed by atoms with van der Waals surface area (Å²) in [7, 11) is 0. The van der Waals surface area contributed by atoms with E-state index in [1.54, 1.807) is 12.1 Å². The number of hydrogen-bond acceptors (Lipinski definition) is 0. The quantitative estimate of drug-likeness (QED) is 0.696. The fraction of sp³-hybridized carbons (Fsp3) is 0.250. The fourth-order valence-electron chi connectivity index (χ4n) is 2.18. The van der Waals surface area contributed by atoms with Crippen LogP contribution in [0.5, 0.6) is 0 Å². The lowest BCUT2D eigenvalue weighted by Crippen LogP contribution is -2.33. The second kappa shape index (κ2) is 6.40. The van der Waals surface area contributed by atoms with Gasteiger partial charge in [0.05, 0.1) is 0 Å². The van der Waals surface area contributed by atoms with Crippen molar-refractivity contribution in [2.24, 2.45) is 0 Å². The molecule has 0 saturated carbocycles. The SMILES string of the molecule is Fc1ccc(C(CCl)(CCl)Cc2ccccc2)cc1. The molecule has 0 heterocycles. The summed E-state index contributed by atoms with van der Waals surface area (Å²) in [6.07, 6.45) is 0.743.